The van der Waals surface area contributed by atoms with E-state index in [9.17, 15) is 4.79 Å². The summed E-state index contributed by atoms with van der Waals surface area (Å²) < 4.78 is 4.90. The van der Waals surface area contributed by atoms with Gasteiger partial charge in [0.05, 0.1) is 17.7 Å². The molecule has 0 aliphatic heterocycles. The van der Waals surface area contributed by atoms with Crippen molar-refractivity contribution >= 4 is 23.6 Å². The highest BCUT2D eigenvalue weighted by molar-refractivity contribution is 6.35. The van der Waals surface area contributed by atoms with Crippen molar-refractivity contribution in [2.75, 3.05) is 12.8 Å². The number of aldehydes is 1. The Bertz CT molecular complexity index is 312. The Morgan fingerprint density at radius 1 is 1.58 bits per heavy atom. The molecule has 1 aromatic carbocycles. The fourth-order valence-corrected chi connectivity index (χ4v) is 1.16. The van der Waals surface area contributed by atoms with E-state index in [1.807, 2.05) is 0 Å². The molecule has 0 aliphatic rings. The number of carbonyl (C=O) groups is 1. The summed E-state index contributed by atoms with van der Waals surface area (Å²) in [7, 11) is 1.48. The fraction of sp³-hybridized carbons (Fsp3) is 0.125. The molecule has 0 aliphatic carbocycles. The Morgan fingerprint density at radius 3 is 2.75 bits per heavy atom. The second-order valence-electron chi connectivity index (χ2n) is 2.20. The number of hydrogen-bond acceptors (Lipinski definition) is 3. The number of hydrogen-bond donors (Lipinski definition) is 1. The topological polar surface area (TPSA) is 52.3 Å². The van der Waals surface area contributed by atoms with Gasteiger partial charge in [-0.05, 0) is 12.1 Å². The van der Waals surface area contributed by atoms with Crippen LogP contribution < -0.4 is 10.5 Å². The predicted octanol–water partition coefficient (Wildman–Crippen LogP) is 1.74. The molecule has 1 rings (SSSR count). The van der Waals surface area contributed by atoms with Gasteiger partial charge in [0, 0.05) is 5.69 Å². The lowest BCUT2D eigenvalue weighted by molar-refractivity contribution is 0.112. The van der Waals surface area contributed by atoms with E-state index in [4.69, 9.17) is 22.1 Å². The van der Waals surface area contributed by atoms with Crippen LogP contribution in [0.5, 0.6) is 5.75 Å². The molecule has 0 saturated heterocycles. The first-order chi connectivity index (χ1) is 5.70. The SMILES string of the molecule is COc1ccc(N)c(C=O)c1Cl. The van der Waals surface area contributed by atoms with Gasteiger partial charge in [-0.25, -0.2) is 0 Å². The van der Waals surface area contributed by atoms with Crippen molar-refractivity contribution in [2.24, 2.45) is 0 Å². The summed E-state index contributed by atoms with van der Waals surface area (Å²) in [6.07, 6.45) is 0.611. The molecule has 2 N–H and O–H groups in total. The summed E-state index contributed by atoms with van der Waals surface area (Å²) in [4.78, 5) is 10.5. The van der Waals surface area contributed by atoms with Crippen molar-refractivity contribution in [3.8, 4) is 5.75 Å². The van der Waals surface area contributed by atoms with Crippen LogP contribution in [0.2, 0.25) is 5.02 Å². The molecule has 3 nitrogen and oxygen atoms in total. The van der Waals surface area contributed by atoms with E-state index < -0.39 is 0 Å². The van der Waals surface area contributed by atoms with Gasteiger partial charge in [0.1, 0.15) is 5.75 Å². The number of carbonyl (C=O) groups excluding carboxylic acids is 1. The highest BCUT2D eigenvalue weighted by atomic mass is 35.5. The first-order valence-electron chi connectivity index (χ1n) is 3.28. The molecule has 0 atom stereocenters. The zero-order chi connectivity index (χ0) is 9.14. The second-order valence-corrected chi connectivity index (χ2v) is 2.58. The standard InChI is InChI=1S/C8H8ClNO2/c1-12-7-3-2-6(10)5(4-11)8(7)9/h2-4H,10H2,1H3. The van der Waals surface area contributed by atoms with Crippen molar-refractivity contribution in [2.45, 2.75) is 0 Å². The van der Waals surface area contributed by atoms with Crippen LogP contribution in [0.4, 0.5) is 5.69 Å². The summed E-state index contributed by atoms with van der Waals surface area (Å²) in [6, 6.07) is 3.19. The number of nitrogens with two attached hydrogens (primary N) is 1. The molecule has 4 heteroatoms. The van der Waals surface area contributed by atoms with Gasteiger partial charge in [-0.1, -0.05) is 11.6 Å². The van der Waals surface area contributed by atoms with Gasteiger partial charge < -0.3 is 10.5 Å². The van der Waals surface area contributed by atoms with Gasteiger partial charge in [-0.2, -0.15) is 0 Å². The first kappa shape index (κ1) is 8.87. The van der Waals surface area contributed by atoms with Crippen LogP contribution >= 0.6 is 11.6 Å². The Labute approximate surface area is 75.1 Å². The molecular formula is C8H8ClNO2. The van der Waals surface area contributed by atoms with Crippen molar-refractivity contribution in [3.63, 3.8) is 0 Å². The highest BCUT2D eigenvalue weighted by Crippen LogP contribution is 2.30. The third kappa shape index (κ3) is 1.36. The number of benzene rings is 1. The van der Waals surface area contributed by atoms with Crippen molar-refractivity contribution in [3.05, 3.63) is 22.7 Å². The number of halogens is 1. The van der Waals surface area contributed by atoms with Crippen LogP contribution in [0.25, 0.3) is 0 Å². The maximum Gasteiger partial charge on any atom is 0.153 e. The third-order valence-electron chi connectivity index (χ3n) is 1.52. The lowest BCUT2D eigenvalue weighted by Gasteiger charge is -2.06. The van der Waals surface area contributed by atoms with Gasteiger partial charge in [0.15, 0.2) is 6.29 Å². The van der Waals surface area contributed by atoms with Crippen LogP contribution in [-0.2, 0) is 0 Å². The minimum absolute atomic E-state index is 0.257. The summed E-state index contributed by atoms with van der Waals surface area (Å²) in [6.45, 7) is 0. The van der Waals surface area contributed by atoms with Crippen LogP contribution in [0.15, 0.2) is 12.1 Å². The summed E-state index contributed by atoms with van der Waals surface area (Å²) >= 11 is 5.78. The van der Waals surface area contributed by atoms with Crippen LogP contribution in [0.3, 0.4) is 0 Å². The summed E-state index contributed by atoms with van der Waals surface area (Å²) in [5, 5.41) is 0.257. The van der Waals surface area contributed by atoms with Gasteiger partial charge in [-0.3, -0.25) is 4.79 Å². The molecule has 1 aromatic rings. The van der Waals surface area contributed by atoms with Crippen LogP contribution in [-0.4, -0.2) is 13.4 Å². The minimum Gasteiger partial charge on any atom is -0.495 e. The maximum atomic E-state index is 10.5. The Kier molecular flexibility index (Phi) is 2.55. The summed E-state index contributed by atoms with van der Waals surface area (Å²) in [5.74, 6) is 0.452. The van der Waals surface area contributed by atoms with Gasteiger partial charge in [-0.15, -0.1) is 0 Å². The number of methoxy groups -OCH3 is 1. The van der Waals surface area contributed by atoms with E-state index in [0.29, 0.717) is 17.7 Å². The number of rotatable bonds is 2. The quantitative estimate of drug-likeness (QED) is 0.564. The van der Waals surface area contributed by atoms with Gasteiger partial charge in [0.25, 0.3) is 0 Å². The third-order valence-corrected chi connectivity index (χ3v) is 1.91. The van der Waals surface area contributed by atoms with Crippen molar-refractivity contribution < 1.29 is 9.53 Å². The molecule has 12 heavy (non-hydrogen) atoms. The lowest BCUT2D eigenvalue weighted by atomic mass is 10.2. The van der Waals surface area contributed by atoms with E-state index in [1.54, 1.807) is 12.1 Å². The molecular weight excluding hydrogens is 178 g/mol. The molecule has 0 heterocycles. The highest BCUT2D eigenvalue weighted by Gasteiger charge is 2.08. The maximum absolute atomic E-state index is 10.5. The number of anilines is 1. The average molecular weight is 186 g/mol. The molecule has 0 unspecified atom stereocenters. The van der Waals surface area contributed by atoms with Crippen molar-refractivity contribution in [1.29, 1.82) is 0 Å². The first-order valence-corrected chi connectivity index (χ1v) is 3.65. The Balaban J connectivity index is 3.33. The van der Waals surface area contributed by atoms with Gasteiger partial charge >= 0.3 is 0 Å². The molecule has 0 saturated carbocycles. The van der Waals surface area contributed by atoms with Crippen LogP contribution in [0.1, 0.15) is 10.4 Å². The lowest BCUT2D eigenvalue weighted by Crippen LogP contribution is -1.95. The van der Waals surface area contributed by atoms with E-state index in [0.717, 1.165) is 0 Å². The van der Waals surface area contributed by atoms with E-state index in [-0.39, 0.29) is 10.6 Å². The molecule has 0 amide bonds. The molecule has 0 aromatic heterocycles. The predicted molar refractivity (Wildman–Crippen MR) is 47.8 cm³/mol. The monoisotopic (exact) mass is 185 g/mol. The largest absolute Gasteiger partial charge is 0.495 e. The van der Waals surface area contributed by atoms with Gasteiger partial charge in [0.2, 0.25) is 0 Å². The zero-order valence-corrected chi connectivity index (χ0v) is 7.26. The zero-order valence-electron chi connectivity index (χ0n) is 6.50. The van der Waals surface area contributed by atoms with Crippen LogP contribution in [0, 0.1) is 0 Å². The number of nitrogen functional groups attached to an aromatic ring is 1. The number of ether oxygens (including phenoxy) is 1. The fourth-order valence-electron chi connectivity index (χ4n) is 0.865. The molecule has 0 bridgehead atoms. The van der Waals surface area contributed by atoms with E-state index >= 15 is 0 Å². The normalized spacial score (nSPS) is 9.50. The Morgan fingerprint density at radius 2 is 2.25 bits per heavy atom. The summed E-state index contributed by atoms with van der Waals surface area (Å²) in [5.41, 5.74) is 6.12. The molecule has 0 spiro atoms. The molecule has 64 valence electrons. The minimum atomic E-state index is 0.257. The van der Waals surface area contributed by atoms with E-state index in [1.165, 1.54) is 7.11 Å². The average Bonchev–Trinajstić information content (AvgIpc) is 2.06. The second kappa shape index (κ2) is 3.45. The molecule has 0 radical (unpaired) electrons. The molecule has 0 fully saturated rings. The van der Waals surface area contributed by atoms with E-state index in [2.05, 4.69) is 0 Å². The van der Waals surface area contributed by atoms with Crippen molar-refractivity contribution in [1.82, 2.24) is 0 Å². The smallest absolute Gasteiger partial charge is 0.153 e. The Hall–Kier alpha value is -1.22.